The molecule has 0 aliphatic heterocycles. The quantitative estimate of drug-likeness (QED) is 0.710. The second-order valence-corrected chi connectivity index (χ2v) is 7.45. The van der Waals surface area contributed by atoms with Gasteiger partial charge in [-0.05, 0) is 70.5 Å². The summed E-state index contributed by atoms with van der Waals surface area (Å²) < 4.78 is 45.0. The number of ketones is 1. The van der Waals surface area contributed by atoms with Crippen molar-refractivity contribution in [1.82, 2.24) is 10.3 Å². The van der Waals surface area contributed by atoms with Gasteiger partial charge in [0.2, 0.25) is 0 Å². The number of Topliss-reactive ketones (excluding diaryl/α,β-unsaturated/α-hetero) is 1. The molecule has 29 heavy (non-hydrogen) atoms. The Kier molecular flexibility index (Phi) is 6.35. The van der Waals surface area contributed by atoms with Crippen LogP contribution in [0.3, 0.4) is 0 Å². The number of hydrogen-bond donors (Lipinski definition) is 1. The highest BCUT2D eigenvalue weighted by molar-refractivity contribution is 6.07. The summed E-state index contributed by atoms with van der Waals surface area (Å²) in [5.74, 6) is -0.862. The van der Waals surface area contributed by atoms with E-state index in [1.165, 1.54) is 19.9 Å². The molecule has 156 valence electrons. The van der Waals surface area contributed by atoms with E-state index >= 15 is 0 Å². The fourth-order valence-electron chi connectivity index (χ4n) is 2.80. The lowest BCUT2D eigenvalue weighted by molar-refractivity contribution is -0.141. The largest absolute Gasteiger partial charge is 0.491 e. The maximum Gasteiger partial charge on any atom is 0.434 e. The summed E-state index contributed by atoms with van der Waals surface area (Å²) in [5, 5.41) is 2.40. The first-order valence-corrected chi connectivity index (χ1v) is 8.99. The first-order valence-electron chi connectivity index (χ1n) is 8.99. The van der Waals surface area contributed by atoms with Gasteiger partial charge in [0.05, 0.1) is 17.2 Å². The van der Waals surface area contributed by atoms with E-state index in [4.69, 9.17) is 4.74 Å². The highest BCUT2D eigenvalue weighted by atomic mass is 19.4. The Morgan fingerprint density at radius 1 is 1.10 bits per heavy atom. The van der Waals surface area contributed by atoms with E-state index in [0.29, 0.717) is 16.9 Å². The molecule has 0 spiro atoms. The van der Waals surface area contributed by atoms with E-state index in [1.807, 2.05) is 13.8 Å². The van der Waals surface area contributed by atoms with Crippen molar-refractivity contribution in [2.75, 3.05) is 0 Å². The number of nitrogens with one attached hydrogen (secondary N) is 1. The molecule has 2 rings (SSSR count). The summed E-state index contributed by atoms with van der Waals surface area (Å²) in [6, 6.07) is 7.18. The van der Waals surface area contributed by atoms with Crippen LogP contribution in [0, 0.1) is 6.92 Å². The molecule has 0 fully saturated rings. The van der Waals surface area contributed by atoms with Crippen LogP contribution in [0.2, 0.25) is 0 Å². The predicted molar refractivity (Wildman–Crippen MR) is 102 cm³/mol. The molecule has 0 aliphatic rings. The number of amides is 1. The lowest BCUT2D eigenvalue weighted by Crippen LogP contribution is -2.50. The number of aryl methyl sites for hydroxylation is 1. The third-order valence-electron chi connectivity index (χ3n) is 4.13. The maximum absolute atomic E-state index is 13.1. The van der Waals surface area contributed by atoms with E-state index in [1.54, 1.807) is 25.1 Å². The molecular formula is C21H23F3N2O3. The number of carbonyl (C=O) groups excluding carboxylic acids is 2. The van der Waals surface area contributed by atoms with Crippen LogP contribution in [0.1, 0.15) is 59.7 Å². The molecule has 0 aliphatic carbocycles. The van der Waals surface area contributed by atoms with Crippen LogP contribution in [-0.2, 0) is 6.18 Å². The van der Waals surface area contributed by atoms with Crippen LogP contribution in [0.5, 0.6) is 5.75 Å². The average molecular weight is 408 g/mol. The Hall–Kier alpha value is -2.90. The van der Waals surface area contributed by atoms with Gasteiger partial charge in [-0.15, -0.1) is 0 Å². The number of hydrogen-bond acceptors (Lipinski definition) is 4. The molecule has 1 amide bonds. The normalized spacial score (nSPS) is 12.0. The van der Waals surface area contributed by atoms with Gasteiger partial charge in [0.1, 0.15) is 5.75 Å². The van der Waals surface area contributed by atoms with E-state index in [2.05, 4.69) is 10.3 Å². The van der Waals surface area contributed by atoms with Crippen molar-refractivity contribution >= 4 is 11.7 Å². The van der Waals surface area contributed by atoms with Crippen molar-refractivity contribution in [1.29, 1.82) is 0 Å². The van der Waals surface area contributed by atoms with Gasteiger partial charge in [0, 0.05) is 11.8 Å². The molecule has 0 saturated heterocycles. The van der Waals surface area contributed by atoms with Crippen molar-refractivity contribution in [3.63, 3.8) is 0 Å². The van der Waals surface area contributed by atoms with Crippen molar-refractivity contribution in [2.45, 2.75) is 52.4 Å². The number of carbonyl (C=O) groups is 2. The lowest BCUT2D eigenvalue weighted by Gasteiger charge is -2.26. The van der Waals surface area contributed by atoms with Crippen LogP contribution in [-0.4, -0.2) is 28.3 Å². The van der Waals surface area contributed by atoms with Crippen LogP contribution in [0.4, 0.5) is 13.2 Å². The summed E-state index contributed by atoms with van der Waals surface area (Å²) in [7, 11) is 0. The summed E-state index contributed by atoms with van der Waals surface area (Å²) in [6.45, 7) is 8.35. The molecule has 1 heterocycles. The van der Waals surface area contributed by atoms with E-state index < -0.39 is 34.7 Å². The topological polar surface area (TPSA) is 68.3 Å². The molecular weight excluding hydrogens is 385 g/mol. The predicted octanol–water partition coefficient (Wildman–Crippen LogP) is 4.59. The monoisotopic (exact) mass is 408 g/mol. The second-order valence-electron chi connectivity index (χ2n) is 7.45. The van der Waals surface area contributed by atoms with Crippen molar-refractivity contribution < 1.29 is 27.5 Å². The molecule has 0 atom stereocenters. The van der Waals surface area contributed by atoms with Crippen LogP contribution >= 0.6 is 0 Å². The fraction of sp³-hybridized carbons (Fsp3) is 0.381. The number of aromatic nitrogens is 1. The zero-order valence-electron chi connectivity index (χ0n) is 16.8. The highest BCUT2D eigenvalue weighted by Crippen LogP contribution is 2.30. The standard InChI is InChI=1S/C21H23F3N2O3/c1-12(2)29-14-8-9-15(13(3)11-14)18(27)20(4,5)26-19(28)16-7-6-10-25-17(16)21(22,23)24/h6-12H,1-5H3,(H,26,28). The number of pyridine rings is 1. The summed E-state index contributed by atoms with van der Waals surface area (Å²) >= 11 is 0. The average Bonchev–Trinajstić information content (AvgIpc) is 2.59. The zero-order chi connectivity index (χ0) is 22.0. The first kappa shape index (κ1) is 22.4. The number of rotatable bonds is 6. The SMILES string of the molecule is Cc1cc(OC(C)C)ccc1C(=O)C(C)(C)NC(=O)c1cccnc1C(F)(F)F. The Bertz CT molecular complexity index is 922. The molecule has 1 aromatic heterocycles. The van der Waals surface area contributed by atoms with Gasteiger partial charge >= 0.3 is 6.18 Å². The highest BCUT2D eigenvalue weighted by Gasteiger charge is 2.39. The number of halogens is 3. The third-order valence-corrected chi connectivity index (χ3v) is 4.13. The zero-order valence-corrected chi connectivity index (χ0v) is 16.8. The lowest BCUT2D eigenvalue weighted by atomic mass is 9.90. The molecule has 1 N–H and O–H groups in total. The Morgan fingerprint density at radius 2 is 1.76 bits per heavy atom. The van der Waals surface area contributed by atoms with Gasteiger partial charge in [-0.3, -0.25) is 14.6 Å². The van der Waals surface area contributed by atoms with Gasteiger partial charge in [-0.2, -0.15) is 13.2 Å². The second kappa shape index (κ2) is 8.23. The van der Waals surface area contributed by atoms with E-state index in [9.17, 15) is 22.8 Å². The molecule has 0 unspecified atom stereocenters. The number of benzene rings is 1. The molecule has 2 aromatic rings. The summed E-state index contributed by atoms with van der Waals surface area (Å²) in [4.78, 5) is 28.7. The van der Waals surface area contributed by atoms with Crippen molar-refractivity contribution in [3.8, 4) is 5.75 Å². The minimum atomic E-state index is -4.79. The van der Waals surface area contributed by atoms with Crippen LogP contribution in [0.25, 0.3) is 0 Å². The molecule has 0 radical (unpaired) electrons. The molecule has 8 heteroatoms. The minimum Gasteiger partial charge on any atom is -0.491 e. The third kappa shape index (κ3) is 5.34. The number of alkyl halides is 3. The molecule has 1 aromatic carbocycles. The van der Waals surface area contributed by atoms with Crippen molar-refractivity contribution in [3.05, 3.63) is 58.9 Å². The van der Waals surface area contributed by atoms with E-state index in [0.717, 1.165) is 12.3 Å². The van der Waals surface area contributed by atoms with Crippen LogP contribution in [0.15, 0.2) is 36.5 Å². The minimum absolute atomic E-state index is 0.0333. The summed E-state index contributed by atoms with van der Waals surface area (Å²) in [5.41, 5.74) is -2.41. The van der Waals surface area contributed by atoms with Gasteiger partial charge in [0.25, 0.3) is 5.91 Å². The van der Waals surface area contributed by atoms with Crippen molar-refractivity contribution in [2.24, 2.45) is 0 Å². The molecule has 0 saturated carbocycles. The Labute approximate surface area is 167 Å². The number of nitrogens with zero attached hydrogens (tertiary/aromatic N) is 1. The summed E-state index contributed by atoms with van der Waals surface area (Å²) in [6.07, 6.45) is -3.86. The molecule has 5 nitrogen and oxygen atoms in total. The number of ether oxygens (including phenoxy) is 1. The first-order chi connectivity index (χ1) is 13.3. The smallest absolute Gasteiger partial charge is 0.434 e. The van der Waals surface area contributed by atoms with E-state index in [-0.39, 0.29) is 6.10 Å². The molecule has 0 bridgehead atoms. The maximum atomic E-state index is 13.1. The fourth-order valence-corrected chi connectivity index (χ4v) is 2.80. The van der Waals surface area contributed by atoms with Gasteiger partial charge < -0.3 is 10.1 Å². The van der Waals surface area contributed by atoms with Gasteiger partial charge in [0.15, 0.2) is 11.5 Å². The Balaban J connectivity index is 2.28. The van der Waals surface area contributed by atoms with Gasteiger partial charge in [-0.1, -0.05) is 0 Å². The van der Waals surface area contributed by atoms with Crippen LogP contribution < -0.4 is 10.1 Å². The van der Waals surface area contributed by atoms with Gasteiger partial charge in [-0.25, -0.2) is 0 Å². The Morgan fingerprint density at radius 3 is 2.31 bits per heavy atom.